The highest BCUT2D eigenvalue weighted by Crippen LogP contribution is 2.57. The van der Waals surface area contributed by atoms with E-state index in [-0.39, 0.29) is 0 Å². The van der Waals surface area contributed by atoms with Gasteiger partial charge in [-0.25, -0.2) is 0 Å². The van der Waals surface area contributed by atoms with Gasteiger partial charge in [0, 0.05) is 15.2 Å². The van der Waals surface area contributed by atoms with Crippen LogP contribution in [0.15, 0.2) is 180 Å². The van der Waals surface area contributed by atoms with E-state index in [1.54, 1.807) is 0 Å². The average Bonchev–Trinajstić information content (AvgIpc) is 3.42. The van der Waals surface area contributed by atoms with Crippen LogP contribution in [0.3, 0.4) is 0 Å². The lowest BCUT2D eigenvalue weighted by molar-refractivity contribution is 0.770. The molecule has 0 amide bonds. The Morgan fingerprint density at radius 3 is 2.00 bits per heavy atom. The topological polar surface area (TPSA) is 0 Å². The zero-order valence-electron chi connectivity index (χ0n) is 25.1. The number of hydrogen-bond acceptors (Lipinski definition) is 1. The van der Waals surface area contributed by atoms with E-state index in [4.69, 9.17) is 0 Å². The first-order valence-corrected chi connectivity index (χ1v) is 16.7. The second-order valence-electron chi connectivity index (χ2n) is 12.4. The minimum absolute atomic E-state index is 0.450. The van der Waals surface area contributed by atoms with Crippen LogP contribution in [0.5, 0.6) is 0 Å². The predicted molar refractivity (Wildman–Crippen MR) is 194 cm³/mol. The fourth-order valence-corrected chi connectivity index (χ4v) is 9.31. The van der Waals surface area contributed by atoms with E-state index >= 15 is 0 Å². The van der Waals surface area contributed by atoms with Crippen molar-refractivity contribution in [2.24, 2.45) is 0 Å². The first kappa shape index (κ1) is 25.9. The Morgan fingerprint density at radius 2 is 1.09 bits per heavy atom. The van der Waals surface area contributed by atoms with Crippen LogP contribution >= 0.6 is 11.8 Å². The smallest absolute Gasteiger partial charge is 0.0713 e. The van der Waals surface area contributed by atoms with Crippen molar-refractivity contribution in [1.29, 1.82) is 0 Å². The average molecular weight is 601 g/mol. The van der Waals surface area contributed by atoms with Gasteiger partial charge in [-0.2, -0.15) is 0 Å². The Hall–Kier alpha value is -5.37. The molecule has 46 heavy (non-hydrogen) atoms. The molecule has 10 rings (SSSR count). The molecule has 8 aromatic carbocycles. The standard InChI is InChI=1S/C45H28S/c1-2-13-32(14-3-1)45(33-23-21-29-11-4-5-12-30(29)27-33)40-19-8-6-15-35(40)36-24-22-31(28-41(36)45)34-25-26-43-44-38(34)17-10-18-39(44)37-16-7-9-20-42(37)46-43/h1-28H. The van der Waals surface area contributed by atoms with Crippen molar-refractivity contribution in [3.8, 4) is 33.4 Å². The maximum absolute atomic E-state index is 2.49. The van der Waals surface area contributed by atoms with E-state index in [1.807, 2.05) is 11.8 Å². The van der Waals surface area contributed by atoms with Crippen molar-refractivity contribution in [2.45, 2.75) is 15.2 Å². The van der Waals surface area contributed by atoms with Gasteiger partial charge < -0.3 is 0 Å². The maximum Gasteiger partial charge on any atom is 0.0713 e. The molecule has 0 N–H and O–H groups in total. The Morgan fingerprint density at radius 1 is 0.370 bits per heavy atom. The first-order valence-electron chi connectivity index (χ1n) is 15.9. The van der Waals surface area contributed by atoms with Crippen LogP contribution in [0.25, 0.3) is 54.9 Å². The van der Waals surface area contributed by atoms with Crippen molar-refractivity contribution in [1.82, 2.24) is 0 Å². The van der Waals surface area contributed by atoms with Crippen LogP contribution in [0.4, 0.5) is 0 Å². The Bertz CT molecular complexity index is 2510. The third kappa shape index (κ3) is 3.52. The molecule has 0 radical (unpaired) electrons. The van der Waals surface area contributed by atoms with Gasteiger partial charge in [-0.3, -0.25) is 0 Å². The van der Waals surface area contributed by atoms with Crippen LogP contribution in [-0.2, 0) is 5.41 Å². The summed E-state index contributed by atoms with van der Waals surface area (Å²) >= 11 is 1.89. The van der Waals surface area contributed by atoms with Gasteiger partial charge in [0.15, 0.2) is 0 Å². The van der Waals surface area contributed by atoms with Crippen LogP contribution < -0.4 is 0 Å². The first-order chi connectivity index (χ1) is 22.8. The largest absolute Gasteiger partial charge is 0.0888 e. The van der Waals surface area contributed by atoms with Gasteiger partial charge >= 0.3 is 0 Å². The minimum atomic E-state index is -0.450. The fourth-order valence-electron chi connectivity index (χ4n) is 8.18. The maximum atomic E-state index is 2.49. The normalized spacial score (nSPS) is 15.8. The summed E-state index contributed by atoms with van der Waals surface area (Å²) in [6.07, 6.45) is 0. The molecule has 0 fully saturated rings. The van der Waals surface area contributed by atoms with Crippen molar-refractivity contribution >= 4 is 33.3 Å². The van der Waals surface area contributed by atoms with Crippen molar-refractivity contribution in [3.05, 3.63) is 192 Å². The molecule has 1 aliphatic carbocycles. The number of rotatable bonds is 3. The Balaban J connectivity index is 1.27. The zero-order valence-corrected chi connectivity index (χ0v) is 25.9. The molecule has 0 saturated carbocycles. The van der Waals surface area contributed by atoms with Crippen molar-refractivity contribution in [2.75, 3.05) is 0 Å². The summed E-state index contributed by atoms with van der Waals surface area (Å²) in [6, 6.07) is 63.4. The zero-order chi connectivity index (χ0) is 30.2. The molecule has 0 nitrogen and oxygen atoms in total. The fraction of sp³-hybridized carbons (Fsp3) is 0.0222. The molecule has 8 aromatic rings. The molecule has 2 aliphatic rings. The second kappa shape index (κ2) is 9.81. The van der Waals surface area contributed by atoms with Gasteiger partial charge in [-0.1, -0.05) is 157 Å². The monoisotopic (exact) mass is 600 g/mol. The summed E-state index contributed by atoms with van der Waals surface area (Å²) in [7, 11) is 0. The quantitative estimate of drug-likeness (QED) is 0.194. The van der Waals surface area contributed by atoms with Gasteiger partial charge in [0.1, 0.15) is 0 Å². The highest BCUT2D eigenvalue weighted by molar-refractivity contribution is 7.99. The van der Waals surface area contributed by atoms with Gasteiger partial charge in [-0.15, -0.1) is 0 Å². The van der Waals surface area contributed by atoms with Crippen LogP contribution in [0, 0.1) is 0 Å². The molecular formula is C45H28S. The lowest BCUT2D eigenvalue weighted by atomic mass is 9.67. The van der Waals surface area contributed by atoms with E-state index < -0.39 is 5.41 Å². The molecular weight excluding hydrogens is 573 g/mol. The summed E-state index contributed by atoms with van der Waals surface area (Å²) < 4.78 is 0. The summed E-state index contributed by atoms with van der Waals surface area (Å²) in [5, 5.41) is 5.19. The van der Waals surface area contributed by atoms with Crippen molar-refractivity contribution in [3.63, 3.8) is 0 Å². The van der Waals surface area contributed by atoms with Gasteiger partial charge in [0.05, 0.1) is 5.41 Å². The predicted octanol–water partition coefficient (Wildman–Crippen LogP) is 12.2. The van der Waals surface area contributed by atoms with Crippen molar-refractivity contribution < 1.29 is 0 Å². The molecule has 0 bridgehead atoms. The second-order valence-corrected chi connectivity index (χ2v) is 13.5. The summed E-state index contributed by atoms with van der Waals surface area (Å²) in [5.41, 5.74) is 12.6. The minimum Gasteiger partial charge on any atom is -0.0888 e. The van der Waals surface area contributed by atoms with E-state index in [2.05, 4.69) is 170 Å². The lowest BCUT2D eigenvalue weighted by Gasteiger charge is -2.34. The molecule has 1 unspecified atom stereocenters. The summed E-state index contributed by atoms with van der Waals surface area (Å²) in [5.74, 6) is 0. The molecule has 1 heteroatoms. The summed E-state index contributed by atoms with van der Waals surface area (Å²) in [4.78, 5) is 2.66. The Kier molecular flexibility index (Phi) is 5.53. The van der Waals surface area contributed by atoms with Gasteiger partial charge in [0.25, 0.3) is 0 Å². The molecule has 0 aromatic heterocycles. The molecule has 1 aliphatic heterocycles. The SMILES string of the molecule is c1ccc(C2(c3ccc4ccccc4c3)c3ccccc3-c3ccc(-c4ccc5c6c(cccc46)-c4ccccc4S5)cc32)cc1. The van der Waals surface area contributed by atoms with Gasteiger partial charge in [0.2, 0.25) is 0 Å². The van der Waals surface area contributed by atoms with E-state index in [0.29, 0.717) is 0 Å². The van der Waals surface area contributed by atoms with Crippen LogP contribution in [0.2, 0.25) is 0 Å². The molecule has 1 atom stereocenters. The number of hydrogen-bond donors (Lipinski definition) is 0. The molecule has 214 valence electrons. The van der Waals surface area contributed by atoms with Crippen LogP contribution in [0.1, 0.15) is 22.3 Å². The number of benzene rings is 8. The number of fused-ring (bicyclic) bond motifs is 6. The molecule has 1 heterocycles. The third-order valence-electron chi connectivity index (χ3n) is 10.1. The summed E-state index contributed by atoms with van der Waals surface area (Å²) in [6.45, 7) is 0. The lowest BCUT2D eigenvalue weighted by Crippen LogP contribution is -2.28. The van der Waals surface area contributed by atoms with E-state index in [0.717, 1.165) is 0 Å². The van der Waals surface area contributed by atoms with Crippen LogP contribution in [-0.4, -0.2) is 0 Å². The Labute approximate surface area is 273 Å². The highest BCUT2D eigenvalue weighted by atomic mass is 32.2. The van der Waals surface area contributed by atoms with Gasteiger partial charge in [-0.05, 0) is 96.1 Å². The molecule has 0 saturated heterocycles. The van der Waals surface area contributed by atoms with E-state index in [9.17, 15) is 0 Å². The third-order valence-corrected chi connectivity index (χ3v) is 11.3. The van der Waals surface area contributed by atoms with E-state index in [1.165, 1.54) is 87.0 Å². The molecule has 0 spiro atoms. The highest BCUT2D eigenvalue weighted by Gasteiger charge is 2.46.